The second-order valence-corrected chi connectivity index (χ2v) is 7.17. The lowest BCUT2D eigenvalue weighted by molar-refractivity contribution is -0.128. The molecule has 5 nitrogen and oxygen atoms in total. The molecule has 1 aliphatic carbocycles. The van der Waals surface area contributed by atoms with Crippen molar-refractivity contribution in [3.05, 3.63) is 70.7 Å². The molecule has 2 N–H and O–H groups in total. The Morgan fingerprint density at radius 1 is 1.19 bits per heavy atom. The highest BCUT2D eigenvalue weighted by molar-refractivity contribution is 6.30. The zero-order valence-electron chi connectivity index (χ0n) is 14.0. The van der Waals surface area contributed by atoms with E-state index < -0.39 is 12.2 Å². The Kier molecular flexibility index (Phi) is 4.55. The third-order valence-corrected chi connectivity index (χ3v) is 5.21. The standard InChI is InChI=1S/C20H19ClN2O3/c21-14-8-4-7-13(9-14)18(23-19(24)17-11-22-20(25)26-17)16-10-15(16)12-5-2-1-3-6-12/h1-9,15-18H,10-11H2,(H,22,25)(H,23,24)/t15?,16?,17-,18+/m0/s1. The van der Waals surface area contributed by atoms with Crippen molar-refractivity contribution < 1.29 is 14.3 Å². The maximum absolute atomic E-state index is 12.6. The van der Waals surface area contributed by atoms with Gasteiger partial charge in [0.25, 0.3) is 5.91 Å². The van der Waals surface area contributed by atoms with Gasteiger partial charge in [0.15, 0.2) is 6.10 Å². The zero-order valence-corrected chi connectivity index (χ0v) is 14.8. The molecule has 0 aromatic heterocycles. The van der Waals surface area contributed by atoms with Crippen LogP contribution in [0.5, 0.6) is 0 Å². The summed E-state index contributed by atoms with van der Waals surface area (Å²) in [5, 5.41) is 6.21. The van der Waals surface area contributed by atoms with E-state index in [-0.39, 0.29) is 24.4 Å². The molecule has 1 aliphatic heterocycles. The second-order valence-electron chi connectivity index (χ2n) is 6.73. The van der Waals surface area contributed by atoms with E-state index in [0.29, 0.717) is 10.9 Å². The number of carbonyl (C=O) groups is 2. The number of rotatable bonds is 5. The zero-order chi connectivity index (χ0) is 18.1. The Balaban J connectivity index is 1.55. The van der Waals surface area contributed by atoms with Gasteiger partial charge < -0.3 is 15.4 Å². The van der Waals surface area contributed by atoms with E-state index in [9.17, 15) is 9.59 Å². The average Bonchev–Trinajstić information content (AvgIpc) is 3.32. The SMILES string of the molecule is O=C1NC[C@@H](C(=O)N[C@H](c2cccc(Cl)c2)C2CC2c2ccccc2)O1. The summed E-state index contributed by atoms with van der Waals surface area (Å²) < 4.78 is 5.01. The topological polar surface area (TPSA) is 67.4 Å². The molecule has 1 saturated carbocycles. The summed E-state index contributed by atoms with van der Waals surface area (Å²) in [6.07, 6.45) is -0.361. The Bertz CT molecular complexity index is 827. The highest BCUT2D eigenvalue weighted by Gasteiger charge is 2.46. The quantitative estimate of drug-likeness (QED) is 0.847. The van der Waals surface area contributed by atoms with E-state index in [1.807, 2.05) is 42.5 Å². The summed E-state index contributed by atoms with van der Waals surface area (Å²) in [5.74, 6) is 0.390. The fourth-order valence-corrected chi connectivity index (χ4v) is 3.78. The molecule has 0 bridgehead atoms. The molecule has 2 amide bonds. The highest BCUT2D eigenvalue weighted by Crippen LogP contribution is 2.54. The molecule has 6 heteroatoms. The summed E-state index contributed by atoms with van der Waals surface area (Å²) in [4.78, 5) is 23.8. The van der Waals surface area contributed by atoms with Crippen molar-refractivity contribution in [1.82, 2.24) is 10.6 Å². The summed E-state index contributed by atoms with van der Waals surface area (Å²) in [7, 11) is 0. The molecule has 4 atom stereocenters. The van der Waals surface area contributed by atoms with Crippen molar-refractivity contribution in [2.45, 2.75) is 24.5 Å². The summed E-state index contributed by atoms with van der Waals surface area (Å²) >= 11 is 6.16. The van der Waals surface area contributed by atoms with Crippen LogP contribution in [0.2, 0.25) is 5.02 Å². The summed E-state index contributed by atoms with van der Waals surface area (Å²) in [6, 6.07) is 17.7. The largest absolute Gasteiger partial charge is 0.434 e. The van der Waals surface area contributed by atoms with Crippen molar-refractivity contribution in [2.75, 3.05) is 6.54 Å². The van der Waals surface area contributed by atoms with Crippen LogP contribution >= 0.6 is 11.6 Å². The molecule has 134 valence electrons. The molecule has 0 radical (unpaired) electrons. The van der Waals surface area contributed by atoms with Crippen molar-refractivity contribution in [3.8, 4) is 0 Å². The fourth-order valence-electron chi connectivity index (χ4n) is 3.59. The smallest absolute Gasteiger partial charge is 0.408 e. The van der Waals surface area contributed by atoms with Crippen LogP contribution in [-0.4, -0.2) is 24.6 Å². The molecule has 2 unspecified atom stereocenters. The average molecular weight is 371 g/mol. The summed E-state index contributed by atoms with van der Waals surface area (Å²) in [6.45, 7) is 0.194. The van der Waals surface area contributed by atoms with Gasteiger partial charge in [0.05, 0.1) is 12.6 Å². The van der Waals surface area contributed by atoms with Gasteiger partial charge in [0.1, 0.15) is 0 Å². The van der Waals surface area contributed by atoms with Crippen LogP contribution in [-0.2, 0) is 9.53 Å². The number of carbonyl (C=O) groups excluding carboxylic acids is 2. The third kappa shape index (κ3) is 3.53. The minimum atomic E-state index is -0.793. The van der Waals surface area contributed by atoms with E-state index in [4.69, 9.17) is 16.3 Å². The van der Waals surface area contributed by atoms with Crippen molar-refractivity contribution in [2.24, 2.45) is 5.92 Å². The number of benzene rings is 2. The molecule has 2 aromatic carbocycles. The van der Waals surface area contributed by atoms with Crippen LogP contribution in [0.3, 0.4) is 0 Å². The number of hydrogen-bond donors (Lipinski definition) is 2. The third-order valence-electron chi connectivity index (χ3n) is 4.97. The first-order chi connectivity index (χ1) is 12.6. The molecule has 26 heavy (non-hydrogen) atoms. The van der Waals surface area contributed by atoms with E-state index >= 15 is 0 Å². The number of ether oxygens (including phenoxy) is 1. The van der Waals surface area contributed by atoms with Crippen molar-refractivity contribution >= 4 is 23.6 Å². The molecular formula is C20H19ClN2O3. The number of nitrogens with one attached hydrogen (secondary N) is 2. The highest BCUT2D eigenvalue weighted by atomic mass is 35.5. The minimum absolute atomic E-state index is 0.175. The number of cyclic esters (lactones) is 1. The van der Waals surface area contributed by atoms with Gasteiger partial charge in [-0.1, -0.05) is 54.1 Å². The first-order valence-electron chi connectivity index (χ1n) is 8.67. The number of amides is 2. The lowest BCUT2D eigenvalue weighted by Gasteiger charge is -2.21. The summed E-state index contributed by atoms with van der Waals surface area (Å²) in [5.41, 5.74) is 2.24. The van der Waals surface area contributed by atoms with Crippen LogP contribution in [0.15, 0.2) is 54.6 Å². The van der Waals surface area contributed by atoms with E-state index in [2.05, 4.69) is 22.8 Å². The molecule has 2 fully saturated rings. The molecule has 2 aliphatic rings. The van der Waals surface area contributed by atoms with Crippen LogP contribution in [0.25, 0.3) is 0 Å². The first kappa shape index (κ1) is 16.9. The van der Waals surface area contributed by atoms with E-state index in [0.717, 1.165) is 12.0 Å². The van der Waals surface area contributed by atoms with Crippen molar-refractivity contribution in [3.63, 3.8) is 0 Å². The van der Waals surface area contributed by atoms with E-state index in [1.54, 1.807) is 0 Å². The van der Waals surface area contributed by atoms with Crippen LogP contribution in [0, 0.1) is 5.92 Å². The maximum atomic E-state index is 12.6. The van der Waals surface area contributed by atoms with Gasteiger partial charge in [0, 0.05) is 5.02 Å². The first-order valence-corrected chi connectivity index (χ1v) is 9.05. The van der Waals surface area contributed by atoms with Crippen molar-refractivity contribution in [1.29, 1.82) is 0 Å². The predicted molar refractivity (Wildman–Crippen MR) is 97.9 cm³/mol. The lowest BCUT2D eigenvalue weighted by Crippen LogP contribution is -2.40. The predicted octanol–water partition coefficient (Wildman–Crippen LogP) is 3.41. The maximum Gasteiger partial charge on any atom is 0.408 e. The Morgan fingerprint density at radius 3 is 2.69 bits per heavy atom. The van der Waals surface area contributed by atoms with Crippen LogP contribution in [0.4, 0.5) is 4.79 Å². The Labute approximate surface area is 156 Å². The fraction of sp³-hybridized carbons (Fsp3) is 0.300. The van der Waals surface area contributed by atoms with Gasteiger partial charge in [-0.25, -0.2) is 4.79 Å². The number of alkyl carbamates (subject to hydrolysis) is 1. The monoisotopic (exact) mass is 370 g/mol. The Hall–Kier alpha value is -2.53. The normalized spacial score (nSPS) is 25.1. The molecular weight excluding hydrogens is 352 g/mol. The van der Waals surface area contributed by atoms with Crippen LogP contribution in [0.1, 0.15) is 29.5 Å². The second kappa shape index (κ2) is 7.00. The molecule has 2 aromatic rings. The van der Waals surface area contributed by atoms with Gasteiger partial charge in [0.2, 0.25) is 0 Å². The van der Waals surface area contributed by atoms with Gasteiger partial charge in [-0.2, -0.15) is 0 Å². The van der Waals surface area contributed by atoms with Gasteiger partial charge in [-0.3, -0.25) is 4.79 Å². The molecule has 4 rings (SSSR count). The number of halogens is 1. The Morgan fingerprint density at radius 2 is 2.00 bits per heavy atom. The van der Waals surface area contributed by atoms with E-state index in [1.165, 1.54) is 5.56 Å². The van der Waals surface area contributed by atoms with Gasteiger partial charge in [-0.05, 0) is 41.5 Å². The van der Waals surface area contributed by atoms with Crippen LogP contribution < -0.4 is 10.6 Å². The molecule has 0 spiro atoms. The van der Waals surface area contributed by atoms with Gasteiger partial charge >= 0.3 is 6.09 Å². The minimum Gasteiger partial charge on any atom is -0.434 e. The van der Waals surface area contributed by atoms with Gasteiger partial charge in [-0.15, -0.1) is 0 Å². The molecule has 1 saturated heterocycles. The number of hydrogen-bond acceptors (Lipinski definition) is 3. The molecule has 1 heterocycles. The lowest BCUT2D eigenvalue weighted by atomic mass is 9.98.